The molecule has 0 aliphatic heterocycles. The molecule has 0 aliphatic carbocycles. The topological polar surface area (TPSA) is 116 Å². The maximum absolute atomic E-state index is 13.6. The van der Waals surface area contributed by atoms with Crippen LogP contribution in [0.25, 0.3) is 0 Å². The Morgan fingerprint density at radius 1 is 1.21 bits per heavy atom. The van der Waals surface area contributed by atoms with E-state index in [4.69, 9.17) is 33.7 Å². The summed E-state index contributed by atoms with van der Waals surface area (Å²) in [5, 5.41) is 2.29. The molecule has 1 aromatic carbocycles. The number of esters is 1. The summed E-state index contributed by atoms with van der Waals surface area (Å²) in [6, 6.07) is 4.14. The minimum atomic E-state index is -3.44. The van der Waals surface area contributed by atoms with Gasteiger partial charge in [0.2, 0.25) is 0 Å². The summed E-state index contributed by atoms with van der Waals surface area (Å²) in [6.07, 6.45) is 1.03. The van der Waals surface area contributed by atoms with Crippen LogP contribution in [0.2, 0.25) is 0 Å². The summed E-state index contributed by atoms with van der Waals surface area (Å²) in [5.41, 5.74) is 5.69. The number of carbonyl (C=O) groups excluding carboxylic acids is 2. The molecule has 0 heterocycles. The Hall–Kier alpha value is -1.13. The molecule has 166 valence electrons. The van der Waals surface area contributed by atoms with Crippen molar-refractivity contribution < 1.29 is 27.1 Å². The molecule has 0 spiro atoms. The molecule has 2 atom stereocenters. The molecule has 12 heteroatoms. The largest absolute Gasteiger partial charge is 0.455 e. The highest BCUT2D eigenvalue weighted by Crippen LogP contribution is 2.25. The Morgan fingerprint density at radius 2 is 1.79 bits per heavy atom. The molecule has 1 rings (SSSR count). The first kappa shape index (κ1) is 27.9. The third kappa shape index (κ3) is 9.48. The van der Waals surface area contributed by atoms with Crippen molar-refractivity contribution in [3.63, 3.8) is 0 Å². The Morgan fingerprint density at radius 3 is 2.24 bits per heavy atom. The van der Waals surface area contributed by atoms with Gasteiger partial charge in [0.25, 0.3) is 5.91 Å². The first-order valence-corrected chi connectivity index (χ1v) is 11.2. The van der Waals surface area contributed by atoms with Crippen LogP contribution in [0.5, 0.6) is 0 Å². The maximum atomic E-state index is 13.6. The Bertz CT molecular complexity index is 763. The fraction of sp³-hybridized carbons (Fsp3) is 0.529. The van der Waals surface area contributed by atoms with Gasteiger partial charge in [-0.2, -0.15) is 0 Å². The van der Waals surface area contributed by atoms with Crippen LogP contribution in [0.1, 0.15) is 30.9 Å². The summed E-state index contributed by atoms with van der Waals surface area (Å²) in [4.78, 5) is 22.5. The fourth-order valence-electron chi connectivity index (χ4n) is 2.34. The van der Waals surface area contributed by atoms with E-state index >= 15 is 0 Å². The Balaban J connectivity index is 0.00000784. The van der Waals surface area contributed by atoms with Gasteiger partial charge in [-0.25, -0.2) is 12.8 Å². The number of ether oxygens (including phenoxy) is 1. The lowest BCUT2D eigenvalue weighted by Crippen LogP contribution is -2.44. The van der Waals surface area contributed by atoms with Gasteiger partial charge >= 0.3 is 5.97 Å². The molecule has 0 fully saturated rings. The molecule has 7 nitrogen and oxygen atoms in total. The molecular weight excluding hydrogens is 470 g/mol. The van der Waals surface area contributed by atoms with Gasteiger partial charge in [-0.05, 0) is 37.1 Å². The predicted molar refractivity (Wildman–Crippen MR) is 112 cm³/mol. The van der Waals surface area contributed by atoms with Gasteiger partial charge in [-0.3, -0.25) is 9.59 Å². The number of amides is 1. The van der Waals surface area contributed by atoms with E-state index in [-0.39, 0.29) is 23.7 Å². The Kier molecular flexibility index (Phi) is 12.7. The molecular formula is C17H24Cl3FN2O5S. The van der Waals surface area contributed by atoms with E-state index in [0.717, 1.165) is 6.26 Å². The number of halogens is 4. The number of unbranched alkanes of at least 4 members (excludes halogenated alkanes) is 1. The molecule has 0 aromatic heterocycles. The number of benzene rings is 1. The summed E-state index contributed by atoms with van der Waals surface area (Å²) < 4.78 is 42.2. The van der Waals surface area contributed by atoms with Crippen LogP contribution in [0.4, 0.5) is 4.39 Å². The lowest BCUT2D eigenvalue weighted by Gasteiger charge is -2.26. The van der Waals surface area contributed by atoms with E-state index in [9.17, 15) is 22.4 Å². The minimum Gasteiger partial charge on any atom is -0.455 e. The number of alkyl halides is 3. The molecule has 0 bridgehead atoms. The highest BCUT2D eigenvalue weighted by atomic mass is 35.5. The second-order valence-corrected chi connectivity index (χ2v) is 9.18. The SMILES string of the molecule is CS(=O)(=O)c1ccc([C@@H](OC(=O)CCCCN)[C@@H](CF)NC(=O)C(Cl)Cl)cc1.Cl. The van der Waals surface area contributed by atoms with Gasteiger partial charge in [0, 0.05) is 12.7 Å². The molecule has 1 aromatic rings. The van der Waals surface area contributed by atoms with E-state index in [1.54, 1.807) is 0 Å². The van der Waals surface area contributed by atoms with Crippen LogP contribution >= 0.6 is 35.6 Å². The third-order valence-electron chi connectivity index (χ3n) is 3.79. The van der Waals surface area contributed by atoms with Crippen LogP contribution in [0, 0.1) is 0 Å². The lowest BCUT2D eigenvalue weighted by molar-refractivity contribution is -0.152. The van der Waals surface area contributed by atoms with Gasteiger partial charge in [0.15, 0.2) is 14.7 Å². The number of rotatable bonds is 11. The number of nitrogens with two attached hydrogens (primary N) is 1. The molecule has 0 saturated heterocycles. The molecule has 0 radical (unpaired) electrons. The minimum absolute atomic E-state index is 0. The first-order chi connectivity index (χ1) is 13.1. The smallest absolute Gasteiger partial charge is 0.306 e. The molecule has 3 N–H and O–H groups in total. The van der Waals surface area contributed by atoms with Crippen molar-refractivity contribution in [1.29, 1.82) is 0 Å². The van der Waals surface area contributed by atoms with Gasteiger partial charge in [-0.1, -0.05) is 35.3 Å². The summed E-state index contributed by atoms with van der Waals surface area (Å²) >= 11 is 11.0. The zero-order valence-electron chi connectivity index (χ0n) is 15.6. The average molecular weight is 494 g/mol. The normalized spacial score (nSPS) is 13.3. The van der Waals surface area contributed by atoms with Crippen molar-refractivity contribution in [2.75, 3.05) is 19.5 Å². The van der Waals surface area contributed by atoms with Gasteiger partial charge < -0.3 is 15.8 Å². The average Bonchev–Trinajstić information content (AvgIpc) is 2.63. The van der Waals surface area contributed by atoms with Crippen molar-refractivity contribution in [3.05, 3.63) is 29.8 Å². The molecule has 1 amide bonds. The van der Waals surface area contributed by atoms with Crippen molar-refractivity contribution >= 4 is 57.3 Å². The lowest BCUT2D eigenvalue weighted by atomic mass is 10.0. The van der Waals surface area contributed by atoms with E-state index in [1.807, 2.05) is 0 Å². The summed E-state index contributed by atoms with van der Waals surface area (Å²) in [7, 11) is -3.44. The van der Waals surface area contributed by atoms with Gasteiger partial charge in [0.1, 0.15) is 12.8 Å². The van der Waals surface area contributed by atoms with Crippen LogP contribution in [0.15, 0.2) is 29.2 Å². The van der Waals surface area contributed by atoms with Crippen LogP contribution < -0.4 is 11.1 Å². The number of hydrogen-bond acceptors (Lipinski definition) is 6. The number of carbonyl (C=O) groups is 2. The fourth-order valence-corrected chi connectivity index (χ4v) is 3.10. The van der Waals surface area contributed by atoms with Crippen molar-refractivity contribution in [2.45, 2.75) is 41.1 Å². The van der Waals surface area contributed by atoms with E-state index in [0.29, 0.717) is 24.9 Å². The highest BCUT2D eigenvalue weighted by Gasteiger charge is 2.30. The number of hydrogen-bond donors (Lipinski definition) is 2. The molecule has 0 aliphatic rings. The van der Waals surface area contributed by atoms with E-state index in [2.05, 4.69) is 5.32 Å². The number of sulfone groups is 1. The molecule has 29 heavy (non-hydrogen) atoms. The zero-order chi connectivity index (χ0) is 21.3. The molecule has 0 saturated carbocycles. The van der Waals surface area contributed by atoms with E-state index in [1.165, 1.54) is 24.3 Å². The predicted octanol–water partition coefficient (Wildman–Crippen LogP) is 2.48. The second kappa shape index (κ2) is 13.2. The van der Waals surface area contributed by atoms with Crippen LogP contribution in [-0.2, 0) is 24.2 Å². The highest BCUT2D eigenvalue weighted by molar-refractivity contribution is 7.90. The zero-order valence-corrected chi connectivity index (χ0v) is 18.8. The summed E-state index contributed by atoms with van der Waals surface area (Å²) in [6.45, 7) is -0.652. The second-order valence-electron chi connectivity index (χ2n) is 6.07. The summed E-state index contributed by atoms with van der Waals surface area (Å²) in [5.74, 6) is -1.45. The van der Waals surface area contributed by atoms with E-state index < -0.39 is 45.4 Å². The van der Waals surface area contributed by atoms with Crippen LogP contribution in [0.3, 0.4) is 0 Å². The maximum Gasteiger partial charge on any atom is 0.306 e. The standard InChI is InChI=1S/C17H23Cl2FN2O5S.ClH/c1-28(25,26)12-7-5-11(6-8-12)15(27-14(23)4-2-3-9-21)13(10-20)22-17(24)16(18)19;/h5-8,13,15-16H,2-4,9-10,21H2,1H3,(H,22,24);1H/t13-,15-;/m1./s1. The third-order valence-corrected chi connectivity index (χ3v) is 5.31. The first-order valence-electron chi connectivity index (χ1n) is 8.44. The Labute approximate surface area is 185 Å². The molecule has 0 unspecified atom stereocenters. The van der Waals surface area contributed by atoms with Crippen molar-refractivity contribution in [2.24, 2.45) is 5.73 Å². The van der Waals surface area contributed by atoms with Gasteiger partial charge in [0.05, 0.1) is 10.9 Å². The van der Waals surface area contributed by atoms with Gasteiger partial charge in [-0.15, -0.1) is 12.4 Å². The van der Waals surface area contributed by atoms with Crippen molar-refractivity contribution in [3.8, 4) is 0 Å². The number of nitrogens with one attached hydrogen (secondary N) is 1. The monoisotopic (exact) mass is 492 g/mol. The van der Waals surface area contributed by atoms with Crippen LogP contribution in [-0.4, -0.2) is 50.6 Å². The quantitative estimate of drug-likeness (QED) is 0.278. The van der Waals surface area contributed by atoms with Crippen molar-refractivity contribution in [1.82, 2.24) is 5.32 Å².